The second-order valence-electron chi connectivity index (χ2n) is 6.24. The standard InChI is InChI=1S/C14H25N5/c1-18-6-5-11(17-18)9-14(16-15)10-7-12-3-4-13(8-10)19(12)2/h5-6,10,12-14,16H,3-4,7-9,15H2,1-2H3. The van der Waals surface area contributed by atoms with Gasteiger partial charge in [-0.25, -0.2) is 0 Å². The van der Waals surface area contributed by atoms with Gasteiger partial charge in [0.15, 0.2) is 0 Å². The minimum atomic E-state index is 0.353. The largest absolute Gasteiger partial charge is 0.300 e. The first-order valence-corrected chi connectivity index (χ1v) is 7.34. The summed E-state index contributed by atoms with van der Waals surface area (Å²) in [6.07, 6.45) is 8.20. The lowest BCUT2D eigenvalue weighted by Gasteiger charge is -2.39. The minimum absolute atomic E-state index is 0.353. The van der Waals surface area contributed by atoms with Crippen LogP contribution in [0.1, 0.15) is 31.4 Å². The zero-order chi connectivity index (χ0) is 13.4. The molecule has 5 nitrogen and oxygen atoms in total. The molecular formula is C14H25N5. The quantitative estimate of drug-likeness (QED) is 0.619. The molecule has 0 spiro atoms. The van der Waals surface area contributed by atoms with Crippen LogP contribution >= 0.6 is 0 Å². The molecule has 19 heavy (non-hydrogen) atoms. The first-order valence-electron chi connectivity index (χ1n) is 7.34. The summed E-state index contributed by atoms with van der Waals surface area (Å²) < 4.78 is 1.86. The molecule has 0 aromatic carbocycles. The predicted molar refractivity (Wildman–Crippen MR) is 75.3 cm³/mol. The number of nitrogens with one attached hydrogen (secondary N) is 1. The molecule has 0 radical (unpaired) electrons. The molecule has 2 aliphatic rings. The smallest absolute Gasteiger partial charge is 0.0640 e. The fourth-order valence-corrected chi connectivity index (χ4v) is 3.94. The molecule has 3 atom stereocenters. The molecule has 3 unspecified atom stereocenters. The number of nitrogens with two attached hydrogens (primary N) is 1. The first kappa shape index (κ1) is 13.1. The van der Waals surface area contributed by atoms with Crippen molar-refractivity contribution in [1.82, 2.24) is 20.1 Å². The van der Waals surface area contributed by atoms with E-state index in [0.717, 1.165) is 24.2 Å². The molecule has 106 valence electrons. The van der Waals surface area contributed by atoms with Crippen LogP contribution in [-0.4, -0.2) is 39.9 Å². The van der Waals surface area contributed by atoms with E-state index in [4.69, 9.17) is 5.84 Å². The van der Waals surface area contributed by atoms with Gasteiger partial charge in [0.05, 0.1) is 5.69 Å². The number of nitrogens with zero attached hydrogens (tertiary/aromatic N) is 3. The lowest BCUT2D eigenvalue weighted by molar-refractivity contribution is 0.112. The number of aromatic nitrogens is 2. The van der Waals surface area contributed by atoms with Crippen molar-refractivity contribution in [3.63, 3.8) is 0 Å². The maximum absolute atomic E-state index is 5.81. The molecule has 1 aromatic rings. The van der Waals surface area contributed by atoms with E-state index in [1.807, 2.05) is 17.9 Å². The topological polar surface area (TPSA) is 59.1 Å². The van der Waals surface area contributed by atoms with Crippen LogP contribution in [0.15, 0.2) is 12.3 Å². The highest BCUT2D eigenvalue weighted by Crippen LogP contribution is 2.39. The van der Waals surface area contributed by atoms with Gasteiger partial charge in [-0.2, -0.15) is 5.10 Å². The summed E-state index contributed by atoms with van der Waals surface area (Å²) >= 11 is 0. The van der Waals surface area contributed by atoms with Crippen LogP contribution in [0.2, 0.25) is 0 Å². The maximum Gasteiger partial charge on any atom is 0.0640 e. The molecule has 2 fully saturated rings. The highest BCUT2D eigenvalue weighted by atomic mass is 15.3. The van der Waals surface area contributed by atoms with Crippen molar-refractivity contribution in [2.75, 3.05) is 7.05 Å². The second-order valence-corrected chi connectivity index (χ2v) is 6.24. The van der Waals surface area contributed by atoms with E-state index in [-0.39, 0.29) is 0 Å². The average molecular weight is 263 g/mol. The van der Waals surface area contributed by atoms with Crippen molar-refractivity contribution in [2.24, 2.45) is 18.8 Å². The molecule has 2 bridgehead atoms. The second kappa shape index (κ2) is 5.23. The highest BCUT2D eigenvalue weighted by molar-refractivity contribution is 5.04. The van der Waals surface area contributed by atoms with Crippen molar-refractivity contribution >= 4 is 0 Å². The molecule has 3 N–H and O–H groups in total. The molecule has 0 amide bonds. The van der Waals surface area contributed by atoms with Gasteiger partial charge < -0.3 is 4.90 Å². The summed E-state index contributed by atoms with van der Waals surface area (Å²) in [4.78, 5) is 2.57. The summed E-state index contributed by atoms with van der Waals surface area (Å²) in [5.41, 5.74) is 4.18. The monoisotopic (exact) mass is 263 g/mol. The molecular weight excluding hydrogens is 238 g/mol. The average Bonchev–Trinajstić information content (AvgIpc) is 2.87. The zero-order valence-electron chi connectivity index (χ0n) is 11.9. The van der Waals surface area contributed by atoms with Gasteiger partial charge in [-0.3, -0.25) is 16.0 Å². The number of hydrogen-bond donors (Lipinski definition) is 2. The Labute approximate surface area is 115 Å². The van der Waals surface area contributed by atoms with Gasteiger partial charge in [0, 0.05) is 37.8 Å². The van der Waals surface area contributed by atoms with Crippen molar-refractivity contribution in [1.29, 1.82) is 0 Å². The lowest BCUT2D eigenvalue weighted by atomic mass is 9.83. The fourth-order valence-electron chi connectivity index (χ4n) is 3.94. The number of piperidine rings is 1. The molecule has 0 aliphatic carbocycles. The van der Waals surface area contributed by atoms with E-state index in [9.17, 15) is 0 Å². The Bertz CT molecular complexity index is 415. The van der Waals surface area contributed by atoms with Crippen LogP contribution in [0.3, 0.4) is 0 Å². The van der Waals surface area contributed by atoms with E-state index < -0.39 is 0 Å². The van der Waals surface area contributed by atoms with Gasteiger partial charge >= 0.3 is 0 Å². The summed E-state index contributed by atoms with van der Waals surface area (Å²) in [7, 11) is 4.24. The Hall–Kier alpha value is -0.910. The molecule has 3 rings (SSSR count). The molecule has 2 aliphatic heterocycles. The number of rotatable bonds is 4. The van der Waals surface area contributed by atoms with Crippen LogP contribution < -0.4 is 11.3 Å². The summed E-state index contributed by atoms with van der Waals surface area (Å²) in [5.74, 6) is 6.49. The number of fused-ring (bicyclic) bond motifs is 2. The van der Waals surface area contributed by atoms with Crippen LogP contribution in [-0.2, 0) is 13.5 Å². The third kappa shape index (κ3) is 2.55. The van der Waals surface area contributed by atoms with Crippen LogP contribution in [0.5, 0.6) is 0 Å². The Morgan fingerprint density at radius 2 is 2.05 bits per heavy atom. The maximum atomic E-state index is 5.81. The van der Waals surface area contributed by atoms with E-state index in [1.54, 1.807) is 0 Å². The first-order chi connectivity index (χ1) is 9.17. The van der Waals surface area contributed by atoms with E-state index >= 15 is 0 Å². The number of hydrogen-bond acceptors (Lipinski definition) is 4. The molecule has 3 heterocycles. The summed E-state index contributed by atoms with van der Waals surface area (Å²) in [6.45, 7) is 0. The fraction of sp³-hybridized carbons (Fsp3) is 0.786. The Kier molecular flexibility index (Phi) is 3.60. The Morgan fingerprint density at radius 1 is 1.37 bits per heavy atom. The van der Waals surface area contributed by atoms with Crippen molar-refractivity contribution in [3.05, 3.63) is 18.0 Å². The highest BCUT2D eigenvalue weighted by Gasteiger charge is 2.40. The third-order valence-electron chi connectivity index (χ3n) is 5.12. The lowest BCUT2D eigenvalue weighted by Crippen LogP contribution is -2.49. The molecule has 0 saturated carbocycles. The third-order valence-corrected chi connectivity index (χ3v) is 5.12. The van der Waals surface area contributed by atoms with Crippen LogP contribution in [0.25, 0.3) is 0 Å². The van der Waals surface area contributed by atoms with E-state index in [2.05, 4.69) is 28.5 Å². The molecule has 1 aromatic heterocycles. The van der Waals surface area contributed by atoms with Gasteiger partial charge in [-0.15, -0.1) is 0 Å². The van der Waals surface area contributed by atoms with Crippen LogP contribution in [0, 0.1) is 5.92 Å². The van der Waals surface area contributed by atoms with Gasteiger partial charge in [-0.05, 0) is 44.7 Å². The SMILES string of the molecule is CN1C2CCC1CC(C(Cc1ccn(C)n1)NN)C2. The predicted octanol–water partition coefficient (Wildman–Crippen LogP) is 0.667. The minimum Gasteiger partial charge on any atom is -0.300 e. The van der Waals surface area contributed by atoms with E-state index in [1.165, 1.54) is 25.7 Å². The van der Waals surface area contributed by atoms with Gasteiger partial charge in [-0.1, -0.05) is 0 Å². The Morgan fingerprint density at radius 3 is 2.58 bits per heavy atom. The van der Waals surface area contributed by atoms with Gasteiger partial charge in [0.25, 0.3) is 0 Å². The molecule has 5 heteroatoms. The number of aryl methyl sites for hydroxylation is 1. The zero-order valence-corrected chi connectivity index (χ0v) is 11.9. The van der Waals surface area contributed by atoms with Crippen LogP contribution in [0.4, 0.5) is 0 Å². The Balaban J connectivity index is 1.66. The van der Waals surface area contributed by atoms with Gasteiger partial charge in [0.2, 0.25) is 0 Å². The summed E-state index contributed by atoms with van der Waals surface area (Å²) in [6, 6.07) is 3.98. The van der Waals surface area contributed by atoms with Crippen molar-refractivity contribution < 1.29 is 0 Å². The van der Waals surface area contributed by atoms with Crippen molar-refractivity contribution in [2.45, 2.75) is 50.2 Å². The van der Waals surface area contributed by atoms with Crippen molar-refractivity contribution in [3.8, 4) is 0 Å². The normalized spacial score (nSPS) is 32.7. The molecule has 2 saturated heterocycles. The van der Waals surface area contributed by atoms with E-state index in [0.29, 0.717) is 12.0 Å². The van der Waals surface area contributed by atoms with Gasteiger partial charge in [0.1, 0.15) is 0 Å². The number of hydrazine groups is 1. The summed E-state index contributed by atoms with van der Waals surface area (Å²) in [5, 5.41) is 4.47.